The second-order valence-electron chi connectivity index (χ2n) is 15.7. The zero-order valence-corrected chi connectivity index (χ0v) is 30.2. The molecule has 0 bridgehead atoms. The molecule has 1 aliphatic carbocycles. The first kappa shape index (κ1) is 29.8. The Labute approximate surface area is 313 Å². The quantitative estimate of drug-likeness (QED) is 0.163. The van der Waals surface area contributed by atoms with E-state index in [1.54, 1.807) is 0 Å². The fourth-order valence-corrected chi connectivity index (χ4v) is 10.1. The standard InChI is InChI=1S/C53H35N/c1-53(2)46-13-7-5-11-41(46)44-29-30-48-51(52(44)53)45-12-6-8-14-47(45)54(48)38-23-17-33(18-24-38)39-25-19-34-22-28-43-40(26-20-35-21-27-42(39)49(34)50(35)43)37-16-15-32-9-3-4-10-36(32)31-37/h3-31H,1-2H3. The van der Waals surface area contributed by atoms with Gasteiger partial charge in [-0.1, -0.05) is 159 Å². The smallest absolute Gasteiger partial charge is 0.0544 e. The van der Waals surface area contributed by atoms with E-state index in [1.165, 1.54) is 115 Å². The fraction of sp³-hybridized carbons (Fsp3) is 0.0566. The van der Waals surface area contributed by atoms with Crippen LogP contribution in [0.4, 0.5) is 0 Å². The van der Waals surface area contributed by atoms with E-state index < -0.39 is 0 Å². The minimum atomic E-state index is -0.0878. The average Bonchev–Trinajstić information content (AvgIpc) is 3.68. The third-order valence-corrected chi connectivity index (χ3v) is 12.5. The summed E-state index contributed by atoms with van der Waals surface area (Å²) in [7, 11) is 0. The fourth-order valence-electron chi connectivity index (χ4n) is 10.1. The topological polar surface area (TPSA) is 4.93 Å². The van der Waals surface area contributed by atoms with Crippen LogP contribution in [0.5, 0.6) is 0 Å². The highest BCUT2D eigenvalue weighted by Gasteiger charge is 2.38. The molecule has 0 saturated carbocycles. The summed E-state index contributed by atoms with van der Waals surface area (Å²) in [6.45, 7) is 4.78. The molecule has 11 aromatic rings. The summed E-state index contributed by atoms with van der Waals surface area (Å²) in [4.78, 5) is 0. The molecule has 0 spiro atoms. The third kappa shape index (κ3) is 3.94. The Kier molecular flexibility index (Phi) is 5.90. The van der Waals surface area contributed by atoms with Crippen LogP contribution in [0.1, 0.15) is 25.0 Å². The van der Waals surface area contributed by atoms with Crippen LogP contribution in [0.25, 0.3) is 104 Å². The Morgan fingerprint density at radius 1 is 0.370 bits per heavy atom. The molecular formula is C53H35N. The highest BCUT2D eigenvalue weighted by atomic mass is 15.0. The number of hydrogen-bond donors (Lipinski definition) is 0. The molecule has 1 aliphatic rings. The van der Waals surface area contributed by atoms with Gasteiger partial charge in [-0.05, 0) is 118 Å². The molecule has 252 valence electrons. The van der Waals surface area contributed by atoms with Crippen LogP contribution in [0.2, 0.25) is 0 Å². The maximum atomic E-state index is 2.46. The Bertz CT molecular complexity index is 3340. The zero-order valence-electron chi connectivity index (χ0n) is 30.2. The van der Waals surface area contributed by atoms with Crippen molar-refractivity contribution < 1.29 is 0 Å². The predicted octanol–water partition coefficient (Wildman–Crippen LogP) is 14.5. The van der Waals surface area contributed by atoms with Gasteiger partial charge in [0.2, 0.25) is 0 Å². The Hall–Kier alpha value is -6.70. The first-order valence-corrected chi connectivity index (χ1v) is 19.0. The van der Waals surface area contributed by atoms with Crippen molar-refractivity contribution in [3.8, 4) is 39.1 Å². The summed E-state index contributed by atoms with van der Waals surface area (Å²) in [6.07, 6.45) is 0. The molecular weight excluding hydrogens is 651 g/mol. The first-order valence-electron chi connectivity index (χ1n) is 19.0. The second-order valence-corrected chi connectivity index (χ2v) is 15.7. The zero-order chi connectivity index (χ0) is 35.7. The molecule has 1 aromatic heterocycles. The minimum Gasteiger partial charge on any atom is -0.309 e. The van der Waals surface area contributed by atoms with E-state index in [-0.39, 0.29) is 5.41 Å². The Morgan fingerprint density at radius 2 is 0.963 bits per heavy atom. The molecule has 1 heteroatoms. The molecule has 0 fully saturated rings. The van der Waals surface area contributed by atoms with E-state index in [0.717, 1.165) is 0 Å². The monoisotopic (exact) mass is 685 g/mol. The van der Waals surface area contributed by atoms with Crippen molar-refractivity contribution in [2.45, 2.75) is 19.3 Å². The van der Waals surface area contributed by atoms with Crippen molar-refractivity contribution in [2.75, 3.05) is 0 Å². The first-order chi connectivity index (χ1) is 26.5. The Morgan fingerprint density at radius 3 is 1.74 bits per heavy atom. The molecule has 0 aliphatic heterocycles. The molecule has 54 heavy (non-hydrogen) atoms. The molecule has 10 aromatic carbocycles. The van der Waals surface area contributed by atoms with Gasteiger partial charge in [0.05, 0.1) is 11.0 Å². The van der Waals surface area contributed by atoms with E-state index in [2.05, 4.69) is 194 Å². The van der Waals surface area contributed by atoms with Crippen LogP contribution in [-0.2, 0) is 5.41 Å². The van der Waals surface area contributed by atoms with Crippen molar-refractivity contribution >= 4 is 64.9 Å². The maximum absolute atomic E-state index is 2.46. The van der Waals surface area contributed by atoms with Gasteiger partial charge in [-0.2, -0.15) is 0 Å². The van der Waals surface area contributed by atoms with Crippen LogP contribution >= 0.6 is 0 Å². The molecule has 12 rings (SSSR count). The normalized spacial score (nSPS) is 13.5. The minimum absolute atomic E-state index is 0.0878. The number of benzene rings is 10. The molecule has 0 atom stereocenters. The molecule has 0 unspecified atom stereocenters. The predicted molar refractivity (Wildman–Crippen MR) is 230 cm³/mol. The van der Waals surface area contributed by atoms with E-state index in [1.807, 2.05) is 0 Å². The van der Waals surface area contributed by atoms with Gasteiger partial charge < -0.3 is 4.57 Å². The summed E-state index contributed by atoms with van der Waals surface area (Å²) >= 11 is 0. The average molecular weight is 686 g/mol. The van der Waals surface area contributed by atoms with Crippen LogP contribution in [-0.4, -0.2) is 4.57 Å². The van der Waals surface area contributed by atoms with Crippen molar-refractivity contribution in [1.29, 1.82) is 0 Å². The van der Waals surface area contributed by atoms with Crippen LogP contribution in [0, 0.1) is 0 Å². The number of nitrogens with zero attached hydrogens (tertiary/aromatic N) is 1. The van der Waals surface area contributed by atoms with Crippen LogP contribution in [0.3, 0.4) is 0 Å². The molecule has 0 saturated heterocycles. The SMILES string of the molecule is CC1(C)c2ccccc2-c2ccc3c(c21)c1ccccc1n3-c1ccc(-c2ccc3ccc4c(-c5ccc6ccccc6c5)ccc5ccc2c3c54)cc1. The lowest BCUT2D eigenvalue weighted by atomic mass is 9.80. The highest BCUT2D eigenvalue weighted by molar-refractivity contribution is 6.27. The largest absolute Gasteiger partial charge is 0.309 e. The highest BCUT2D eigenvalue weighted by Crippen LogP contribution is 2.53. The van der Waals surface area contributed by atoms with E-state index in [4.69, 9.17) is 0 Å². The summed E-state index contributed by atoms with van der Waals surface area (Å²) in [5.74, 6) is 0. The van der Waals surface area contributed by atoms with Gasteiger partial charge in [0.1, 0.15) is 0 Å². The lowest BCUT2D eigenvalue weighted by molar-refractivity contribution is 0.666. The molecule has 1 nitrogen and oxygen atoms in total. The van der Waals surface area contributed by atoms with Gasteiger partial charge in [-0.3, -0.25) is 0 Å². The van der Waals surface area contributed by atoms with Gasteiger partial charge in [0, 0.05) is 21.9 Å². The van der Waals surface area contributed by atoms with E-state index >= 15 is 0 Å². The van der Waals surface area contributed by atoms with Gasteiger partial charge >= 0.3 is 0 Å². The molecule has 0 radical (unpaired) electrons. The van der Waals surface area contributed by atoms with Crippen LogP contribution < -0.4 is 0 Å². The lowest BCUT2D eigenvalue weighted by Crippen LogP contribution is -2.15. The lowest BCUT2D eigenvalue weighted by Gasteiger charge is -2.22. The number of hydrogen-bond acceptors (Lipinski definition) is 0. The number of para-hydroxylation sites is 1. The van der Waals surface area contributed by atoms with E-state index in [9.17, 15) is 0 Å². The van der Waals surface area contributed by atoms with Crippen molar-refractivity contribution in [1.82, 2.24) is 4.57 Å². The van der Waals surface area contributed by atoms with Gasteiger partial charge in [0.25, 0.3) is 0 Å². The number of fused-ring (bicyclic) bond motifs is 8. The molecule has 1 heterocycles. The number of aromatic nitrogens is 1. The van der Waals surface area contributed by atoms with Crippen molar-refractivity contribution in [2.24, 2.45) is 0 Å². The van der Waals surface area contributed by atoms with Gasteiger partial charge in [-0.25, -0.2) is 0 Å². The van der Waals surface area contributed by atoms with Crippen LogP contribution in [0.15, 0.2) is 176 Å². The second kappa shape index (κ2) is 10.7. The molecule has 0 N–H and O–H groups in total. The third-order valence-electron chi connectivity index (χ3n) is 12.5. The van der Waals surface area contributed by atoms with Gasteiger partial charge in [0.15, 0.2) is 0 Å². The summed E-state index contributed by atoms with van der Waals surface area (Å²) in [5.41, 5.74) is 14.2. The van der Waals surface area contributed by atoms with Crippen molar-refractivity contribution in [3.05, 3.63) is 187 Å². The Balaban J connectivity index is 1.02. The van der Waals surface area contributed by atoms with Gasteiger partial charge in [-0.15, -0.1) is 0 Å². The van der Waals surface area contributed by atoms with E-state index in [0.29, 0.717) is 0 Å². The maximum Gasteiger partial charge on any atom is 0.0544 e. The summed E-state index contributed by atoms with van der Waals surface area (Å²) in [6, 6.07) is 65.8. The molecule has 0 amide bonds. The summed E-state index contributed by atoms with van der Waals surface area (Å²) < 4.78 is 2.46. The number of rotatable bonds is 3. The van der Waals surface area contributed by atoms with Crippen molar-refractivity contribution in [3.63, 3.8) is 0 Å². The summed E-state index contributed by atoms with van der Waals surface area (Å²) in [5, 5.41) is 13.1.